The monoisotopic (exact) mass is 254 g/mol. The predicted molar refractivity (Wildman–Crippen MR) is 68.1 cm³/mol. The van der Waals surface area contributed by atoms with Crippen LogP contribution in [0.2, 0.25) is 0 Å². The lowest BCUT2D eigenvalue weighted by Crippen LogP contribution is -2.10. The maximum Gasteiger partial charge on any atom is 0.266 e. The van der Waals surface area contributed by atoms with E-state index in [4.69, 9.17) is 14.7 Å². The Labute approximate surface area is 109 Å². The molecule has 2 aromatic rings. The van der Waals surface area contributed by atoms with Crippen molar-refractivity contribution in [2.45, 2.75) is 6.92 Å². The Kier molecular flexibility index (Phi) is 2.50. The second kappa shape index (κ2) is 4.18. The molecule has 1 N–H and O–H groups in total. The lowest BCUT2D eigenvalue weighted by atomic mass is 9.97. The quantitative estimate of drug-likeness (QED) is 0.844. The fourth-order valence-electron chi connectivity index (χ4n) is 2.15. The Morgan fingerprint density at radius 2 is 2.00 bits per heavy atom. The Morgan fingerprint density at radius 3 is 2.74 bits per heavy atom. The number of hydrogen-bond donors (Lipinski definition) is 1. The number of nitrogens with one attached hydrogen (secondary N) is 1. The molecule has 94 valence electrons. The highest BCUT2D eigenvalue weighted by Gasteiger charge is 2.18. The molecule has 2 heterocycles. The van der Waals surface area contributed by atoms with Gasteiger partial charge in [-0.2, -0.15) is 5.26 Å². The van der Waals surface area contributed by atoms with E-state index < -0.39 is 5.56 Å². The first-order valence-corrected chi connectivity index (χ1v) is 5.73. The van der Waals surface area contributed by atoms with Crippen LogP contribution in [0.3, 0.4) is 0 Å². The van der Waals surface area contributed by atoms with Crippen LogP contribution in [0.5, 0.6) is 11.5 Å². The molecule has 0 saturated heterocycles. The van der Waals surface area contributed by atoms with Crippen LogP contribution in [0.1, 0.15) is 11.1 Å². The summed E-state index contributed by atoms with van der Waals surface area (Å²) in [5.41, 5.74) is 2.03. The van der Waals surface area contributed by atoms with Gasteiger partial charge in [-0.1, -0.05) is 0 Å². The summed E-state index contributed by atoms with van der Waals surface area (Å²) in [6.07, 6.45) is 1.53. The molecule has 5 heteroatoms. The molecule has 5 nitrogen and oxygen atoms in total. The number of H-pyrrole nitrogens is 1. The molecule has 0 fully saturated rings. The number of hydrogen-bond acceptors (Lipinski definition) is 4. The van der Waals surface area contributed by atoms with Crippen molar-refractivity contribution in [1.82, 2.24) is 4.98 Å². The minimum Gasteiger partial charge on any atom is -0.454 e. The lowest BCUT2D eigenvalue weighted by Gasteiger charge is -2.08. The largest absolute Gasteiger partial charge is 0.454 e. The standard InChI is InChI=1S/C14H10N2O3/c1-8-4-12-13(19-7-18-12)5-10(8)9-2-3-16-14(17)11(9)6-15/h2-5H,7H2,1H3,(H,16,17). The molecule has 0 spiro atoms. The van der Waals surface area contributed by atoms with Crippen LogP contribution in [0.15, 0.2) is 29.2 Å². The van der Waals surface area contributed by atoms with Gasteiger partial charge in [0.25, 0.3) is 5.56 Å². The summed E-state index contributed by atoms with van der Waals surface area (Å²) in [5, 5.41) is 9.12. The van der Waals surface area contributed by atoms with Gasteiger partial charge in [0.15, 0.2) is 11.5 Å². The fraction of sp³-hybridized carbons (Fsp3) is 0.143. The van der Waals surface area contributed by atoms with Crippen molar-refractivity contribution in [3.63, 3.8) is 0 Å². The van der Waals surface area contributed by atoms with Crippen LogP contribution in [-0.4, -0.2) is 11.8 Å². The molecule has 1 aliphatic heterocycles. The van der Waals surface area contributed by atoms with Gasteiger partial charge >= 0.3 is 0 Å². The van der Waals surface area contributed by atoms with E-state index in [0.717, 1.165) is 11.1 Å². The highest BCUT2D eigenvalue weighted by atomic mass is 16.7. The smallest absolute Gasteiger partial charge is 0.266 e. The van der Waals surface area contributed by atoms with E-state index in [1.54, 1.807) is 12.1 Å². The zero-order chi connectivity index (χ0) is 13.4. The maximum absolute atomic E-state index is 11.7. The summed E-state index contributed by atoms with van der Waals surface area (Å²) >= 11 is 0. The number of rotatable bonds is 1. The van der Waals surface area contributed by atoms with Gasteiger partial charge in [0.1, 0.15) is 11.6 Å². The Balaban J connectivity index is 2.27. The van der Waals surface area contributed by atoms with Crippen molar-refractivity contribution >= 4 is 0 Å². The first kappa shape index (κ1) is 11.4. The normalized spacial score (nSPS) is 12.2. The van der Waals surface area contributed by atoms with Gasteiger partial charge in [-0.15, -0.1) is 0 Å². The van der Waals surface area contributed by atoms with Gasteiger partial charge < -0.3 is 14.5 Å². The molecule has 0 unspecified atom stereocenters. The zero-order valence-corrected chi connectivity index (χ0v) is 10.2. The fourth-order valence-corrected chi connectivity index (χ4v) is 2.15. The molecular formula is C14H10N2O3. The van der Waals surface area contributed by atoms with E-state index in [1.807, 2.05) is 19.1 Å². The van der Waals surface area contributed by atoms with Gasteiger partial charge in [0.05, 0.1) is 0 Å². The first-order chi connectivity index (χ1) is 9.20. The summed E-state index contributed by atoms with van der Waals surface area (Å²) < 4.78 is 10.6. The van der Waals surface area contributed by atoms with E-state index in [1.165, 1.54) is 6.20 Å². The van der Waals surface area contributed by atoms with Crippen molar-refractivity contribution in [2.75, 3.05) is 6.79 Å². The molecule has 1 aromatic carbocycles. The Hall–Kier alpha value is -2.74. The highest BCUT2D eigenvalue weighted by Crippen LogP contribution is 2.38. The molecule has 0 radical (unpaired) electrons. The average Bonchev–Trinajstić information content (AvgIpc) is 2.84. The summed E-state index contributed by atoms with van der Waals surface area (Å²) in [6.45, 7) is 2.10. The van der Waals surface area contributed by atoms with E-state index in [0.29, 0.717) is 17.1 Å². The molecule has 0 aliphatic carbocycles. The number of benzene rings is 1. The Morgan fingerprint density at radius 1 is 1.26 bits per heavy atom. The van der Waals surface area contributed by atoms with Gasteiger partial charge in [-0.3, -0.25) is 4.79 Å². The van der Waals surface area contributed by atoms with E-state index in [-0.39, 0.29) is 12.4 Å². The van der Waals surface area contributed by atoms with E-state index in [9.17, 15) is 4.79 Å². The number of nitrogens with zero attached hydrogens (tertiary/aromatic N) is 1. The number of aromatic amines is 1. The third-order valence-electron chi connectivity index (χ3n) is 3.08. The number of pyridine rings is 1. The van der Waals surface area contributed by atoms with Gasteiger partial charge in [0.2, 0.25) is 6.79 Å². The molecule has 0 atom stereocenters. The molecular weight excluding hydrogens is 244 g/mol. The topological polar surface area (TPSA) is 75.1 Å². The van der Waals surface area contributed by atoms with E-state index >= 15 is 0 Å². The minimum atomic E-state index is -0.392. The van der Waals surface area contributed by atoms with Gasteiger partial charge in [-0.25, -0.2) is 0 Å². The number of aryl methyl sites for hydroxylation is 1. The summed E-state index contributed by atoms with van der Waals surface area (Å²) in [4.78, 5) is 14.2. The molecule has 1 aliphatic rings. The molecule has 1 aromatic heterocycles. The molecule has 0 saturated carbocycles. The molecule has 3 rings (SSSR count). The summed E-state index contributed by atoms with van der Waals surface area (Å²) in [6, 6.07) is 7.30. The molecule has 19 heavy (non-hydrogen) atoms. The number of ether oxygens (including phenoxy) is 2. The zero-order valence-electron chi connectivity index (χ0n) is 10.2. The molecule has 0 amide bonds. The predicted octanol–water partition coefficient (Wildman–Crippen LogP) is 1.95. The van der Waals surface area contributed by atoms with Crippen LogP contribution < -0.4 is 15.0 Å². The van der Waals surface area contributed by atoms with Crippen LogP contribution in [0.4, 0.5) is 0 Å². The number of fused-ring (bicyclic) bond motifs is 1. The summed E-state index contributed by atoms with van der Waals surface area (Å²) in [5.74, 6) is 1.31. The van der Waals surface area contributed by atoms with Crippen molar-refractivity contribution in [3.8, 4) is 28.7 Å². The third-order valence-corrected chi connectivity index (χ3v) is 3.08. The second-order valence-corrected chi connectivity index (χ2v) is 4.23. The second-order valence-electron chi connectivity index (χ2n) is 4.23. The third kappa shape index (κ3) is 1.74. The Bertz CT molecular complexity index is 756. The van der Waals surface area contributed by atoms with E-state index in [2.05, 4.69) is 4.98 Å². The van der Waals surface area contributed by atoms with Gasteiger partial charge in [0, 0.05) is 11.8 Å². The van der Waals surface area contributed by atoms with Crippen LogP contribution >= 0.6 is 0 Å². The minimum absolute atomic E-state index is 0.101. The van der Waals surface area contributed by atoms with Gasteiger partial charge in [-0.05, 0) is 36.2 Å². The van der Waals surface area contributed by atoms with Crippen LogP contribution in [0.25, 0.3) is 11.1 Å². The first-order valence-electron chi connectivity index (χ1n) is 5.73. The van der Waals surface area contributed by atoms with Crippen LogP contribution in [0, 0.1) is 18.3 Å². The van der Waals surface area contributed by atoms with Crippen molar-refractivity contribution < 1.29 is 9.47 Å². The number of nitriles is 1. The maximum atomic E-state index is 11.7. The molecule has 0 bridgehead atoms. The van der Waals surface area contributed by atoms with Crippen molar-refractivity contribution in [2.24, 2.45) is 0 Å². The summed E-state index contributed by atoms with van der Waals surface area (Å²) in [7, 11) is 0. The van der Waals surface area contributed by atoms with Crippen molar-refractivity contribution in [1.29, 1.82) is 5.26 Å². The lowest BCUT2D eigenvalue weighted by molar-refractivity contribution is 0.174. The highest BCUT2D eigenvalue weighted by molar-refractivity contribution is 5.75. The van der Waals surface area contributed by atoms with Crippen molar-refractivity contribution in [3.05, 3.63) is 45.9 Å². The number of aromatic nitrogens is 1. The average molecular weight is 254 g/mol. The SMILES string of the molecule is Cc1cc2c(cc1-c1cc[nH]c(=O)c1C#N)OCO2. The van der Waals surface area contributed by atoms with Crippen LogP contribution in [-0.2, 0) is 0 Å².